The zero-order valence-electron chi connectivity index (χ0n) is 12.2. The van der Waals surface area contributed by atoms with Crippen molar-refractivity contribution < 1.29 is 14.5 Å². The Morgan fingerprint density at radius 2 is 1.95 bits per heavy atom. The summed E-state index contributed by atoms with van der Waals surface area (Å²) < 4.78 is 4.44. The first-order valence-electron chi connectivity index (χ1n) is 6.87. The fourth-order valence-corrected chi connectivity index (χ4v) is 2.40. The van der Waals surface area contributed by atoms with E-state index in [1.165, 1.54) is 11.5 Å². The SMILES string of the molecule is CCCc1n(C)c(C)c[n+]1Cc1ccc(C(=O)[O-])cc1. The number of hydrogen-bond donors (Lipinski definition) is 0. The van der Waals surface area contributed by atoms with Crippen LogP contribution in [0.2, 0.25) is 0 Å². The second-order valence-electron chi connectivity index (χ2n) is 5.11. The molecule has 1 heterocycles. The van der Waals surface area contributed by atoms with E-state index in [1.807, 2.05) is 12.1 Å². The molecular weight excluding hydrogens is 252 g/mol. The third kappa shape index (κ3) is 2.90. The number of carbonyl (C=O) groups excluding carboxylic acids is 1. The van der Waals surface area contributed by atoms with Gasteiger partial charge in [-0.1, -0.05) is 31.2 Å². The van der Waals surface area contributed by atoms with Crippen molar-refractivity contribution in [3.8, 4) is 0 Å². The van der Waals surface area contributed by atoms with E-state index in [1.54, 1.807) is 12.1 Å². The molecule has 0 aliphatic heterocycles. The van der Waals surface area contributed by atoms with Gasteiger partial charge in [-0.25, -0.2) is 9.13 Å². The molecule has 0 fully saturated rings. The van der Waals surface area contributed by atoms with Gasteiger partial charge in [0, 0.05) is 13.3 Å². The Morgan fingerprint density at radius 3 is 2.50 bits per heavy atom. The van der Waals surface area contributed by atoms with Gasteiger partial charge >= 0.3 is 0 Å². The van der Waals surface area contributed by atoms with Crippen LogP contribution in [0.15, 0.2) is 30.5 Å². The van der Waals surface area contributed by atoms with Crippen LogP contribution in [0.1, 0.15) is 40.8 Å². The molecule has 2 rings (SSSR count). The molecule has 106 valence electrons. The van der Waals surface area contributed by atoms with Crippen LogP contribution in [0.4, 0.5) is 0 Å². The zero-order valence-corrected chi connectivity index (χ0v) is 12.2. The molecule has 0 aliphatic rings. The molecule has 0 radical (unpaired) electrons. The fraction of sp³-hybridized carbons (Fsp3) is 0.375. The van der Waals surface area contributed by atoms with Crippen LogP contribution in [-0.2, 0) is 20.0 Å². The van der Waals surface area contributed by atoms with E-state index in [0.29, 0.717) is 0 Å². The predicted molar refractivity (Wildman–Crippen MR) is 74.2 cm³/mol. The van der Waals surface area contributed by atoms with Crippen LogP contribution in [0, 0.1) is 6.92 Å². The highest BCUT2D eigenvalue weighted by Crippen LogP contribution is 2.07. The van der Waals surface area contributed by atoms with Crippen molar-refractivity contribution in [2.75, 3.05) is 0 Å². The largest absolute Gasteiger partial charge is 0.545 e. The lowest BCUT2D eigenvalue weighted by Gasteiger charge is -2.05. The summed E-state index contributed by atoms with van der Waals surface area (Å²) in [6.45, 7) is 5.01. The van der Waals surface area contributed by atoms with Gasteiger partial charge in [-0.15, -0.1) is 0 Å². The van der Waals surface area contributed by atoms with Gasteiger partial charge in [0.1, 0.15) is 18.4 Å². The Bertz CT molecular complexity index is 612. The number of benzene rings is 1. The molecule has 20 heavy (non-hydrogen) atoms. The number of aromatic nitrogens is 2. The molecule has 0 unspecified atom stereocenters. The van der Waals surface area contributed by atoms with Gasteiger partial charge in [-0.05, 0) is 17.5 Å². The van der Waals surface area contributed by atoms with Crippen LogP contribution in [0.25, 0.3) is 0 Å². The molecule has 0 amide bonds. The predicted octanol–water partition coefficient (Wildman–Crippen LogP) is 0.985. The van der Waals surface area contributed by atoms with Gasteiger partial charge in [0.05, 0.1) is 13.0 Å². The Labute approximate surface area is 119 Å². The Balaban J connectivity index is 2.25. The number of rotatable bonds is 5. The summed E-state index contributed by atoms with van der Waals surface area (Å²) in [5, 5.41) is 10.7. The van der Waals surface area contributed by atoms with Crippen LogP contribution < -0.4 is 9.67 Å². The molecule has 2 aromatic rings. The molecule has 0 spiro atoms. The average Bonchev–Trinajstić information content (AvgIpc) is 2.68. The third-order valence-electron chi connectivity index (χ3n) is 3.61. The lowest BCUT2D eigenvalue weighted by atomic mass is 10.1. The first-order chi connectivity index (χ1) is 9.52. The number of nitrogens with zero attached hydrogens (tertiary/aromatic N) is 2. The van der Waals surface area contributed by atoms with Gasteiger partial charge < -0.3 is 9.90 Å². The smallest absolute Gasteiger partial charge is 0.256 e. The maximum Gasteiger partial charge on any atom is 0.256 e. The summed E-state index contributed by atoms with van der Waals surface area (Å²) in [6.07, 6.45) is 4.26. The van der Waals surface area contributed by atoms with E-state index in [4.69, 9.17) is 0 Å². The van der Waals surface area contributed by atoms with E-state index in [2.05, 4.69) is 36.2 Å². The van der Waals surface area contributed by atoms with E-state index < -0.39 is 5.97 Å². The molecule has 0 aliphatic carbocycles. The molecule has 4 heteroatoms. The average molecular weight is 272 g/mol. The summed E-state index contributed by atoms with van der Waals surface area (Å²) in [7, 11) is 2.08. The summed E-state index contributed by atoms with van der Waals surface area (Å²) in [4.78, 5) is 10.7. The fourth-order valence-electron chi connectivity index (χ4n) is 2.40. The lowest BCUT2D eigenvalue weighted by Crippen LogP contribution is -2.37. The lowest BCUT2D eigenvalue weighted by molar-refractivity contribution is -0.695. The molecule has 0 bridgehead atoms. The van der Waals surface area contributed by atoms with Crippen LogP contribution in [0.3, 0.4) is 0 Å². The summed E-state index contributed by atoms with van der Waals surface area (Å²) in [5.41, 5.74) is 2.53. The standard InChI is InChI=1S/C16H20N2O2/c1-4-5-15-17(3)12(2)10-18(15)11-13-6-8-14(9-7-13)16(19)20/h6-10H,4-5,11H2,1-3H3. The van der Waals surface area contributed by atoms with Crippen molar-refractivity contribution in [2.45, 2.75) is 33.2 Å². The minimum Gasteiger partial charge on any atom is -0.545 e. The molecule has 0 atom stereocenters. The van der Waals surface area contributed by atoms with Gasteiger partial charge in [-0.3, -0.25) is 0 Å². The van der Waals surface area contributed by atoms with Crippen molar-refractivity contribution in [3.63, 3.8) is 0 Å². The molecule has 0 N–H and O–H groups in total. The molecule has 0 saturated heterocycles. The van der Waals surface area contributed by atoms with Crippen molar-refractivity contribution in [3.05, 3.63) is 53.1 Å². The number of aryl methyl sites for hydroxylation is 1. The molecular formula is C16H20N2O2. The van der Waals surface area contributed by atoms with Crippen LogP contribution in [0.5, 0.6) is 0 Å². The van der Waals surface area contributed by atoms with E-state index in [0.717, 1.165) is 24.9 Å². The molecule has 1 aromatic heterocycles. The highest BCUT2D eigenvalue weighted by molar-refractivity contribution is 5.85. The van der Waals surface area contributed by atoms with E-state index in [9.17, 15) is 9.90 Å². The molecule has 4 nitrogen and oxygen atoms in total. The Hall–Kier alpha value is -2.10. The van der Waals surface area contributed by atoms with Crippen LogP contribution in [-0.4, -0.2) is 10.5 Å². The van der Waals surface area contributed by atoms with Crippen LogP contribution >= 0.6 is 0 Å². The number of aromatic carboxylic acids is 1. The Morgan fingerprint density at radius 1 is 1.30 bits per heavy atom. The van der Waals surface area contributed by atoms with Gasteiger partial charge in [0.15, 0.2) is 0 Å². The number of carboxylic acids is 1. The monoisotopic (exact) mass is 272 g/mol. The van der Waals surface area contributed by atoms with Gasteiger partial charge in [0.2, 0.25) is 0 Å². The van der Waals surface area contributed by atoms with E-state index in [-0.39, 0.29) is 5.56 Å². The third-order valence-corrected chi connectivity index (χ3v) is 3.61. The molecule has 0 saturated carbocycles. The highest BCUT2D eigenvalue weighted by atomic mass is 16.4. The van der Waals surface area contributed by atoms with Gasteiger partial charge in [-0.2, -0.15) is 0 Å². The topological polar surface area (TPSA) is 48.9 Å². The maximum atomic E-state index is 10.7. The minimum atomic E-state index is -1.13. The summed E-state index contributed by atoms with van der Waals surface area (Å²) >= 11 is 0. The highest BCUT2D eigenvalue weighted by Gasteiger charge is 2.17. The number of carbonyl (C=O) groups is 1. The minimum absolute atomic E-state index is 0.219. The Kier molecular flexibility index (Phi) is 4.23. The normalized spacial score (nSPS) is 10.8. The number of hydrogen-bond acceptors (Lipinski definition) is 2. The summed E-state index contributed by atoms with van der Waals surface area (Å²) in [5.74, 6) is 0.153. The second-order valence-corrected chi connectivity index (χ2v) is 5.11. The second kappa shape index (κ2) is 5.90. The van der Waals surface area contributed by atoms with Crippen molar-refractivity contribution >= 4 is 5.97 Å². The van der Waals surface area contributed by atoms with E-state index >= 15 is 0 Å². The molecule has 1 aromatic carbocycles. The van der Waals surface area contributed by atoms with Crippen molar-refractivity contribution in [1.82, 2.24) is 4.57 Å². The van der Waals surface area contributed by atoms with Gasteiger partial charge in [0.25, 0.3) is 5.82 Å². The van der Waals surface area contributed by atoms with Crippen molar-refractivity contribution in [2.24, 2.45) is 7.05 Å². The summed E-state index contributed by atoms with van der Waals surface area (Å²) in [6, 6.07) is 6.88. The number of carboxylic acid groups (broad SMARTS) is 1. The maximum absolute atomic E-state index is 10.7. The zero-order chi connectivity index (χ0) is 14.7. The number of imidazole rings is 1. The van der Waals surface area contributed by atoms with Crippen molar-refractivity contribution in [1.29, 1.82) is 0 Å². The first kappa shape index (κ1) is 14.3. The first-order valence-corrected chi connectivity index (χ1v) is 6.87. The quantitative estimate of drug-likeness (QED) is 0.762.